The Kier molecular flexibility index (Phi) is 12.8. The van der Waals surface area contributed by atoms with Crippen molar-refractivity contribution in [3.8, 4) is 0 Å². The molecule has 0 aliphatic carbocycles. The predicted octanol–water partition coefficient (Wildman–Crippen LogP) is 5.55. The van der Waals surface area contributed by atoms with Crippen LogP contribution in [0, 0.1) is 13.8 Å². The van der Waals surface area contributed by atoms with Crippen molar-refractivity contribution >= 4 is 29.5 Å². The molecule has 0 bridgehead atoms. The van der Waals surface area contributed by atoms with Crippen LogP contribution in [0.1, 0.15) is 89.0 Å². The number of benzene rings is 2. The molecular formula is C32H46N4O5. The van der Waals surface area contributed by atoms with Crippen molar-refractivity contribution in [2.24, 2.45) is 5.73 Å². The number of ether oxygens (including phenoxy) is 1. The third-order valence-corrected chi connectivity index (χ3v) is 6.65. The van der Waals surface area contributed by atoms with Gasteiger partial charge in [0.1, 0.15) is 17.7 Å². The van der Waals surface area contributed by atoms with Crippen LogP contribution in [0.3, 0.4) is 0 Å². The smallest absolute Gasteiger partial charge is 0.408 e. The van der Waals surface area contributed by atoms with Crippen LogP contribution >= 0.6 is 0 Å². The first kappa shape index (κ1) is 33.3. The van der Waals surface area contributed by atoms with Crippen molar-refractivity contribution in [1.29, 1.82) is 0 Å². The summed E-state index contributed by atoms with van der Waals surface area (Å²) in [6.45, 7) is 11.3. The molecule has 9 heteroatoms. The molecule has 41 heavy (non-hydrogen) atoms. The zero-order valence-electron chi connectivity index (χ0n) is 25.3. The van der Waals surface area contributed by atoms with E-state index in [0.29, 0.717) is 17.7 Å². The molecule has 9 nitrogen and oxygen atoms in total. The molecule has 0 saturated heterocycles. The lowest BCUT2D eigenvalue weighted by atomic mass is 9.97. The summed E-state index contributed by atoms with van der Waals surface area (Å²) in [4.78, 5) is 54.3. The zero-order chi connectivity index (χ0) is 30.6. The van der Waals surface area contributed by atoms with E-state index in [0.717, 1.165) is 30.4 Å². The fraction of sp³-hybridized carbons (Fsp3) is 0.500. The van der Waals surface area contributed by atoms with Crippen LogP contribution in [-0.2, 0) is 19.1 Å². The van der Waals surface area contributed by atoms with Crippen LogP contribution in [0.5, 0.6) is 0 Å². The first-order valence-corrected chi connectivity index (χ1v) is 14.3. The highest BCUT2D eigenvalue weighted by molar-refractivity contribution is 5.99. The molecule has 0 aliphatic rings. The van der Waals surface area contributed by atoms with Crippen molar-refractivity contribution < 1.29 is 23.9 Å². The summed E-state index contributed by atoms with van der Waals surface area (Å²) < 4.78 is 5.41. The lowest BCUT2D eigenvalue weighted by Gasteiger charge is -2.35. The quantitative estimate of drug-likeness (QED) is 0.258. The minimum absolute atomic E-state index is 0.0290. The molecule has 0 radical (unpaired) electrons. The summed E-state index contributed by atoms with van der Waals surface area (Å²) in [7, 11) is 0. The second-order valence-corrected chi connectivity index (χ2v) is 11.4. The Labute approximate surface area is 244 Å². The fourth-order valence-corrected chi connectivity index (χ4v) is 4.53. The number of carbonyl (C=O) groups is 4. The molecule has 2 aromatic carbocycles. The Bertz CT molecular complexity index is 1190. The number of nitrogens with zero attached hydrogens (tertiary/aromatic N) is 1. The van der Waals surface area contributed by atoms with Gasteiger partial charge in [-0.2, -0.15) is 0 Å². The van der Waals surface area contributed by atoms with Crippen LogP contribution in [0.25, 0.3) is 0 Å². The molecule has 4 N–H and O–H groups in total. The van der Waals surface area contributed by atoms with E-state index in [4.69, 9.17) is 10.5 Å². The maximum Gasteiger partial charge on any atom is 0.408 e. The Balaban J connectivity index is 2.57. The molecule has 0 fully saturated rings. The topological polar surface area (TPSA) is 131 Å². The lowest BCUT2D eigenvalue weighted by molar-refractivity contribution is -0.141. The van der Waals surface area contributed by atoms with Gasteiger partial charge < -0.3 is 26.0 Å². The van der Waals surface area contributed by atoms with Gasteiger partial charge in [0.15, 0.2) is 0 Å². The van der Waals surface area contributed by atoms with E-state index < -0.39 is 35.6 Å². The number of rotatable bonds is 14. The predicted molar refractivity (Wildman–Crippen MR) is 161 cm³/mol. The highest BCUT2D eigenvalue weighted by Gasteiger charge is 2.37. The highest BCUT2D eigenvalue weighted by Crippen LogP contribution is 2.28. The van der Waals surface area contributed by atoms with Crippen molar-refractivity contribution in [3.63, 3.8) is 0 Å². The SMILES string of the molecule is CCCCCCN(C(=O)C(CCC(N)=O)NC(=O)OC(C)(C)C)C(C(=O)Nc1ccccc1C)c1ccccc1C. The molecule has 0 aliphatic heterocycles. The second-order valence-electron chi connectivity index (χ2n) is 11.4. The summed E-state index contributed by atoms with van der Waals surface area (Å²) in [5.41, 5.74) is 7.67. The summed E-state index contributed by atoms with van der Waals surface area (Å²) in [5, 5.41) is 5.65. The van der Waals surface area contributed by atoms with E-state index in [1.54, 1.807) is 20.8 Å². The average molecular weight is 567 g/mol. The molecule has 0 aromatic heterocycles. The van der Waals surface area contributed by atoms with Gasteiger partial charge in [0.25, 0.3) is 5.91 Å². The normalized spacial score (nSPS) is 12.6. The van der Waals surface area contributed by atoms with Gasteiger partial charge in [-0.25, -0.2) is 4.79 Å². The number of hydrogen-bond acceptors (Lipinski definition) is 5. The number of amides is 4. The number of alkyl carbamates (subject to hydrolysis) is 1. The van der Waals surface area contributed by atoms with E-state index in [2.05, 4.69) is 17.6 Å². The molecule has 0 saturated carbocycles. The molecule has 2 atom stereocenters. The number of unbranched alkanes of at least 4 members (excludes halogenated alkanes) is 3. The standard InChI is InChI=1S/C32H46N4O5/c1-7-8-9-14-21-36(30(39)26(19-20-27(33)37)35-31(40)41-32(4,5)6)28(24-17-12-10-15-22(24)2)29(38)34-25-18-13-11-16-23(25)3/h10-13,15-18,26,28H,7-9,14,19-21H2,1-6H3,(H2,33,37)(H,34,38)(H,35,40). The number of primary amides is 1. The van der Waals surface area contributed by atoms with E-state index in [1.165, 1.54) is 4.90 Å². The van der Waals surface area contributed by atoms with Crippen molar-refractivity contribution in [3.05, 3.63) is 65.2 Å². The summed E-state index contributed by atoms with van der Waals surface area (Å²) >= 11 is 0. The monoisotopic (exact) mass is 566 g/mol. The highest BCUT2D eigenvalue weighted by atomic mass is 16.6. The molecule has 224 valence electrons. The van der Waals surface area contributed by atoms with Crippen LogP contribution in [0.4, 0.5) is 10.5 Å². The van der Waals surface area contributed by atoms with Gasteiger partial charge in [-0.3, -0.25) is 14.4 Å². The van der Waals surface area contributed by atoms with Crippen LogP contribution in [0.2, 0.25) is 0 Å². The molecule has 2 unspecified atom stereocenters. The Morgan fingerprint density at radius 2 is 1.56 bits per heavy atom. The zero-order valence-corrected chi connectivity index (χ0v) is 25.3. The number of aryl methyl sites for hydroxylation is 2. The van der Waals surface area contributed by atoms with Gasteiger partial charge in [0.05, 0.1) is 0 Å². The molecule has 2 rings (SSSR count). The van der Waals surface area contributed by atoms with E-state index in [-0.39, 0.29) is 25.3 Å². The second kappa shape index (κ2) is 15.8. The number of hydrogen-bond donors (Lipinski definition) is 3. The van der Waals surface area contributed by atoms with Crippen LogP contribution in [0.15, 0.2) is 48.5 Å². The third-order valence-electron chi connectivity index (χ3n) is 6.65. The number of para-hydroxylation sites is 1. The lowest BCUT2D eigenvalue weighted by Crippen LogP contribution is -2.53. The first-order chi connectivity index (χ1) is 19.3. The van der Waals surface area contributed by atoms with Crippen molar-refractivity contribution in [2.45, 2.75) is 97.8 Å². The first-order valence-electron chi connectivity index (χ1n) is 14.3. The molecule has 0 heterocycles. The molecular weight excluding hydrogens is 520 g/mol. The van der Waals surface area contributed by atoms with Crippen LogP contribution < -0.4 is 16.4 Å². The minimum atomic E-state index is -1.12. The van der Waals surface area contributed by atoms with E-state index in [1.807, 2.05) is 62.4 Å². The van der Waals surface area contributed by atoms with Gasteiger partial charge in [-0.1, -0.05) is 68.7 Å². The van der Waals surface area contributed by atoms with Crippen LogP contribution in [-0.4, -0.2) is 46.9 Å². The number of nitrogens with two attached hydrogens (primary N) is 1. The van der Waals surface area contributed by atoms with Crippen molar-refractivity contribution in [1.82, 2.24) is 10.2 Å². The van der Waals surface area contributed by atoms with E-state index >= 15 is 0 Å². The molecule has 4 amide bonds. The van der Waals surface area contributed by atoms with Crippen molar-refractivity contribution in [2.75, 3.05) is 11.9 Å². The molecule has 2 aromatic rings. The molecule has 0 spiro atoms. The maximum absolute atomic E-state index is 14.3. The largest absolute Gasteiger partial charge is 0.444 e. The van der Waals surface area contributed by atoms with Gasteiger partial charge in [-0.15, -0.1) is 0 Å². The van der Waals surface area contributed by atoms with E-state index in [9.17, 15) is 19.2 Å². The average Bonchev–Trinajstić information content (AvgIpc) is 2.89. The summed E-state index contributed by atoms with van der Waals surface area (Å²) in [6.07, 6.45) is 2.57. The fourth-order valence-electron chi connectivity index (χ4n) is 4.53. The van der Waals surface area contributed by atoms with Gasteiger partial charge in [-0.05, 0) is 70.2 Å². The number of anilines is 1. The summed E-state index contributed by atoms with van der Waals surface area (Å²) in [5.74, 6) is -1.46. The summed E-state index contributed by atoms with van der Waals surface area (Å²) in [6, 6.07) is 12.8. The van der Waals surface area contributed by atoms with Gasteiger partial charge in [0.2, 0.25) is 11.8 Å². The Hall–Kier alpha value is -3.88. The Morgan fingerprint density at radius 3 is 2.15 bits per heavy atom. The maximum atomic E-state index is 14.3. The van der Waals surface area contributed by atoms with Gasteiger partial charge >= 0.3 is 6.09 Å². The minimum Gasteiger partial charge on any atom is -0.444 e. The Morgan fingerprint density at radius 1 is 0.927 bits per heavy atom. The third kappa shape index (κ3) is 10.9. The number of nitrogens with one attached hydrogen (secondary N) is 2. The number of carbonyl (C=O) groups excluding carboxylic acids is 4. The van der Waals surface area contributed by atoms with Gasteiger partial charge in [0, 0.05) is 18.7 Å².